The molecule has 0 heterocycles. The van der Waals surface area contributed by atoms with Crippen LogP contribution in [0, 0.1) is 0 Å². The molecule has 0 bridgehead atoms. The van der Waals surface area contributed by atoms with Crippen molar-refractivity contribution in [3.05, 3.63) is 62.9 Å². The summed E-state index contributed by atoms with van der Waals surface area (Å²) in [5, 5.41) is 1.39. The maximum atomic E-state index is 7.16. The van der Waals surface area contributed by atoms with E-state index in [0.717, 1.165) is 0 Å². The summed E-state index contributed by atoms with van der Waals surface area (Å²) < 4.78 is 4.57. The Labute approximate surface area is 152 Å². The second-order valence-corrected chi connectivity index (χ2v) is 4.77. The maximum Gasteiger partial charge on any atom is 2.00 e. The van der Waals surface area contributed by atoms with Crippen molar-refractivity contribution in [1.82, 2.24) is 0 Å². The van der Waals surface area contributed by atoms with Crippen LogP contribution in [-0.4, -0.2) is 0 Å². The molecule has 2 rings (SSSR count). The van der Waals surface area contributed by atoms with Gasteiger partial charge in [0.05, 0.1) is 15.1 Å². The molecule has 20 heavy (non-hydrogen) atoms. The monoisotopic (exact) mass is 518 g/mol. The van der Waals surface area contributed by atoms with E-state index >= 15 is 0 Å². The molecule has 0 saturated heterocycles. The summed E-state index contributed by atoms with van der Waals surface area (Å²) in [7, 11) is 0. The number of hydrogen-bond donors (Lipinski definition) is 1. The first-order valence-corrected chi connectivity index (χ1v) is 6.43. The largest absolute Gasteiger partial charge is 2.00 e. The molecule has 2 N–H and O–H groups in total. The second-order valence-electron chi connectivity index (χ2n) is 3.37. The van der Waals surface area contributed by atoms with Crippen LogP contribution in [0.1, 0.15) is 0 Å². The van der Waals surface area contributed by atoms with Crippen molar-refractivity contribution in [3.63, 3.8) is 0 Å². The molecular weight excluding hydrogens is 510 g/mol. The first-order valence-electron chi connectivity index (χ1n) is 4.93. The molecule has 0 saturated carbocycles. The summed E-state index contributed by atoms with van der Waals surface area (Å²) in [6, 6.07) is 9.37. The Hall–Kier alpha value is -0.252. The summed E-state index contributed by atoms with van der Waals surface area (Å²) in [6.45, 7) is 0. The smallest absolute Gasteiger partial charge is 0.699 e. The standard InChI is InChI=1S/C6H4Cl2N.C6H5ClNOS.W/c7-5-2-1-4(9)3-6(5)8;7-5-2-1-4(8)3-6(5)9-10;/h1-3,9H;1-3,8,10H;/q2*-1;+2. The molecule has 0 amide bonds. The summed E-state index contributed by atoms with van der Waals surface area (Å²) >= 11 is 20.3. The van der Waals surface area contributed by atoms with Gasteiger partial charge < -0.3 is 15.7 Å². The fraction of sp³-hybridized carbons (Fsp3) is 0. The molecule has 0 aromatic heterocycles. The number of benzene rings is 2. The van der Waals surface area contributed by atoms with E-state index < -0.39 is 0 Å². The van der Waals surface area contributed by atoms with E-state index in [-0.39, 0.29) is 21.1 Å². The van der Waals surface area contributed by atoms with E-state index in [1.165, 1.54) is 12.1 Å². The van der Waals surface area contributed by atoms with Gasteiger partial charge >= 0.3 is 21.1 Å². The Balaban J connectivity index is 0.000000345. The molecule has 0 aliphatic heterocycles. The number of thiol groups is 1. The van der Waals surface area contributed by atoms with Crippen molar-refractivity contribution in [2.45, 2.75) is 0 Å². The maximum absolute atomic E-state index is 7.16. The molecule has 106 valence electrons. The van der Waals surface area contributed by atoms with Crippen LogP contribution in [0.25, 0.3) is 11.5 Å². The third-order valence-electron chi connectivity index (χ3n) is 1.95. The Morgan fingerprint density at radius 1 is 0.800 bits per heavy atom. The molecule has 2 aromatic carbocycles. The summed E-state index contributed by atoms with van der Waals surface area (Å²) in [4.78, 5) is 0. The van der Waals surface area contributed by atoms with Crippen molar-refractivity contribution < 1.29 is 25.2 Å². The van der Waals surface area contributed by atoms with Crippen LogP contribution in [0.15, 0.2) is 36.4 Å². The zero-order valence-corrected chi connectivity index (χ0v) is 16.0. The van der Waals surface area contributed by atoms with Crippen molar-refractivity contribution in [2.75, 3.05) is 0 Å². The third kappa shape index (κ3) is 6.47. The molecule has 0 spiro atoms. The predicted octanol–water partition coefficient (Wildman–Crippen LogP) is 6.92. The van der Waals surface area contributed by atoms with Gasteiger partial charge in [0, 0.05) is 12.9 Å². The zero-order chi connectivity index (χ0) is 14.4. The van der Waals surface area contributed by atoms with Crippen LogP contribution in [0.2, 0.25) is 15.1 Å². The average Bonchev–Trinajstić information content (AvgIpc) is 2.38. The number of nitrogens with one attached hydrogen (secondary N) is 2. The summed E-state index contributed by atoms with van der Waals surface area (Å²) in [5.74, 6) is 0.414. The van der Waals surface area contributed by atoms with Gasteiger partial charge in [-0.15, -0.1) is 11.4 Å². The van der Waals surface area contributed by atoms with Crippen molar-refractivity contribution in [3.8, 4) is 5.75 Å². The first-order chi connectivity index (χ1) is 8.93. The minimum absolute atomic E-state index is 0. The Morgan fingerprint density at radius 2 is 1.30 bits per heavy atom. The zero-order valence-electron chi connectivity index (χ0n) is 9.86. The predicted molar refractivity (Wildman–Crippen MR) is 85.5 cm³/mol. The molecule has 2 aromatic rings. The molecule has 0 unspecified atom stereocenters. The van der Waals surface area contributed by atoms with E-state index in [9.17, 15) is 0 Å². The van der Waals surface area contributed by atoms with Gasteiger partial charge in [-0.05, 0) is 18.2 Å². The van der Waals surface area contributed by atoms with Gasteiger partial charge in [0.25, 0.3) is 0 Å². The fourth-order valence-electron chi connectivity index (χ4n) is 1.07. The van der Waals surface area contributed by atoms with Gasteiger partial charge in [-0.3, -0.25) is 0 Å². The number of rotatable bonds is 1. The molecule has 3 nitrogen and oxygen atoms in total. The van der Waals surface area contributed by atoms with E-state index in [1.807, 2.05) is 0 Å². The summed E-state index contributed by atoms with van der Waals surface area (Å²) in [5.41, 5.74) is 15.0. The van der Waals surface area contributed by atoms with Gasteiger partial charge in [0.1, 0.15) is 0 Å². The van der Waals surface area contributed by atoms with Gasteiger partial charge in [0.15, 0.2) is 5.75 Å². The van der Waals surface area contributed by atoms with Gasteiger partial charge in [-0.1, -0.05) is 53.0 Å². The molecule has 0 atom stereocenters. The van der Waals surface area contributed by atoms with Crippen molar-refractivity contribution >= 4 is 59.1 Å². The Morgan fingerprint density at radius 3 is 1.70 bits per heavy atom. The Bertz CT molecular complexity index is 572. The number of halogens is 3. The van der Waals surface area contributed by atoms with Crippen LogP contribution in [0.5, 0.6) is 5.75 Å². The normalized spacial score (nSPS) is 9.00. The van der Waals surface area contributed by atoms with Crippen molar-refractivity contribution in [1.29, 1.82) is 0 Å². The van der Waals surface area contributed by atoms with Crippen molar-refractivity contribution in [2.24, 2.45) is 0 Å². The number of hydrogen-bond acceptors (Lipinski definition) is 2. The minimum atomic E-state index is 0. The average molecular weight is 519 g/mol. The van der Waals surface area contributed by atoms with Crippen LogP contribution in [0.4, 0.5) is 11.4 Å². The quantitative estimate of drug-likeness (QED) is 0.323. The minimum Gasteiger partial charge on any atom is -0.699 e. The molecular formula is C12H9Cl3N2OSW. The van der Waals surface area contributed by atoms with E-state index in [4.69, 9.17) is 46.3 Å². The van der Waals surface area contributed by atoms with Crippen LogP contribution < -0.4 is 4.18 Å². The summed E-state index contributed by atoms with van der Waals surface area (Å²) in [6.07, 6.45) is 0. The third-order valence-corrected chi connectivity index (χ3v) is 3.20. The van der Waals surface area contributed by atoms with E-state index in [0.29, 0.717) is 32.2 Å². The first kappa shape index (κ1) is 19.7. The second kappa shape index (κ2) is 9.64. The molecule has 0 fully saturated rings. The SMILES string of the molecule is [NH-]c1ccc(Cl)c(Cl)c1.[NH-]c1ccc(Cl)c(OS)c1.[W+2]. The van der Waals surface area contributed by atoms with Gasteiger partial charge in [0.2, 0.25) is 0 Å². The fourth-order valence-corrected chi connectivity index (χ4v) is 1.73. The van der Waals surface area contributed by atoms with Gasteiger partial charge in [-0.25, -0.2) is 0 Å². The molecule has 8 heteroatoms. The topological polar surface area (TPSA) is 56.8 Å². The van der Waals surface area contributed by atoms with E-state index in [2.05, 4.69) is 17.1 Å². The Kier molecular flexibility index (Phi) is 9.52. The van der Waals surface area contributed by atoms with Gasteiger partial charge in [-0.2, -0.15) is 0 Å². The molecule has 0 aliphatic rings. The van der Waals surface area contributed by atoms with Crippen LogP contribution >= 0.6 is 47.7 Å². The van der Waals surface area contributed by atoms with Crippen LogP contribution in [0.3, 0.4) is 0 Å². The molecule has 0 aliphatic carbocycles. The van der Waals surface area contributed by atoms with Crippen LogP contribution in [-0.2, 0) is 21.1 Å². The molecule has 0 radical (unpaired) electrons. The van der Waals surface area contributed by atoms with E-state index in [1.54, 1.807) is 24.3 Å².